The average molecular weight is 1010 g/mol. The summed E-state index contributed by atoms with van der Waals surface area (Å²) in [7, 11) is 3.27. The van der Waals surface area contributed by atoms with Crippen LogP contribution in [-0.2, 0) is 20.9 Å². The summed E-state index contributed by atoms with van der Waals surface area (Å²) in [6, 6.07) is 11.0. The Morgan fingerprint density at radius 1 is 1.04 bits per heavy atom. The van der Waals surface area contributed by atoms with Crippen LogP contribution in [0.4, 0.5) is 21.8 Å². The molecule has 5 N–H and O–H groups in total. The first-order chi connectivity index (χ1) is 33.0. The van der Waals surface area contributed by atoms with Crippen LogP contribution in [0.15, 0.2) is 54.2 Å². The highest BCUT2D eigenvalue weighted by Crippen LogP contribution is 2.42. The number of carbonyl (C=O) groups is 4. The van der Waals surface area contributed by atoms with Gasteiger partial charge in [-0.1, -0.05) is 35.9 Å². The molecule has 4 amide bonds. The van der Waals surface area contributed by atoms with E-state index < -0.39 is 46.3 Å². The molecule has 4 aromatic rings. The van der Waals surface area contributed by atoms with Crippen LogP contribution in [0.3, 0.4) is 0 Å². The van der Waals surface area contributed by atoms with Gasteiger partial charge in [-0.15, -0.1) is 11.3 Å². The summed E-state index contributed by atoms with van der Waals surface area (Å²) in [5.74, 6) is 1.10. The first kappa shape index (κ1) is 50.3. The average Bonchev–Trinajstić information content (AvgIpc) is 3.61. The zero-order valence-electron chi connectivity index (χ0n) is 39.7. The Morgan fingerprint density at radius 2 is 1.78 bits per heavy atom. The van der Waals surface area contributed by atoms with Crippen LogP contribution >= 0.6 is 34.7 Å². The Labute approximate surface area is 415 Å². The third-order valence-corrected chi connectivity index (χ3v) is 16.7. The maximum atomic E-state index is 15.2. The van der Waals surface area contributed by atoms with Gasteiger partial charge in [0, 0.05) is 69.6 Å². The Kier molecular flexibility index (Phi) is 15.7. The standard InChI is InChI=1S/C49H62ClFN10O6S2/c1-29-40(68-28-55-29)33-10-8-30(9-11-33)23-53-43(63)38-22-35(62)26-61(38)45(65)41(57-46(66)49(51)14-15-49)48(2,3)69-27-32-7-6-31(20-32)25-59-16-18-60(19-17-59)44(64)34-12-13-37(39(21-34)67-5)56-47-54-24-36(50)42(52-4)58-47/h8-13,21,24,28,31-32,35,38,41,62H,6-7,14-20,22-23,25-27H2,1-5H3,(H,53,63)(H,57,66)(H2,52,54,56,58)/t31-,32-,35+,38-,41-/m0/s1. The molecule has 0 unspecified atom stereocenters. The maximum Gasteiger partial charge on any atom is 0.258 e. The van der Waals surface area contributed by atoms with Gasteiger partial charge in [0.2, 0.25) is 17.8 Å². The van der Waals surface area contributed by atoms with Crippen molar-refractivity contribution >= 4 is 75.8 Å². The number of nitrogens with one attached hydrogen (secondary N) is 4. The lowest BCUT2D eigenvalue weighted by Crippen LogP contribution is -2.61. The number of aromatic nitrogens is 3. The van der Waals surface area contributed by atoms with Crippen molar-refractivity contribution in [3.05, 3.63) is 76.0 Å². The fraction of sp³-hybridized carbons (Fsp3) is 0.531. The number of rotatable bonds is 18. The number of halogens is 2. The minimum Gasteiger partial charge on any atom is -0.495 e. The van der Waals surface area contributed by atoms with Crippen LogP contribution in [0, 0.1) is 18.8 Å². The van der Waals surface area contributed by atoms with E-state index in [2.05, 4.69) is 41.1 Å². The smallest absolute Gasteiger partial charge is 0.258 e. The number of piperazine rings is 1. The highest BCUT2D eigenvalue weighted by molar-refractivity contribution is 8.00. The van der Waals surface area contributed by atoms with E-state index in [1.54, 1.807) is 55.5 Å². The number of aliphatic hydroxyl groups is 1. The zero-order chi connectivity index (χ0) is 49.0. The van der Waals surface area contributed by atoms with Crippen molar-refractivity contribution in [3.8, 4) is 16.2 Å². The number of methoxy groups -OCH3 is 1. The summed E-state index contributed by atoms with van der Waals surface area (Å²) in [5, 5.41) is 23.0. The Balaban J connectivity index is 0.825. The van der Waals surface area contributed by atoms with E-state index in [-0.39, 0.29) is 38.3 Å². The molecule has 4 aliphatic rings. The van der Waals surface area contributed by atoms with Gasteiger partial charge in [-0.05, 0) is 99.8 Å². The molecule has 0 radical (unpaired) electrons. The minimum atomic E-state index is -2.00. The van der Waals surface area contributed by atoms with Crippen molar-refractivity contribution in [3.63, 3.8) is 0 Å². The van der Waals surface area contributed by atoms with Crippen LogP contribution in [0.5, 0.6) is 5.75 Å². The summed E-state index contributed by atoms with van der Waals surface area (Å²) in [6.45, 7) is 9.56. The summed E-state index contributed by atoms with van der Waals surface area (Å²) in [6.07, 6.45) is 3.91. The second kappa shape index (κ2) is 21.5. The Bertz CT molecular complexity index is 2500. The van der Waals surface area contributed by atoms with Crippen LogP contribution < -0.4 is 26.0 Å². The molecule has 2 saturated heterocycles. The van der Waals surface area contributed by atoms with Crippen molar-refractivity contribution in [1.82, 2.24) is 40.3 Å². The molecule has 16 nitrogen and oxygen atoms in total. The van der Waals surface area contributed by atoms with Crippen molar-refractivity contribution in [1.29, 1.82) is 0 Å². The molecule has 5 atom stereocenters. The summed E-state index contributed by atoms with van der Waals surface area (Å²) in [4.78, 5) is 74.9. The number of alkyl halides is 1. The van der Waals surface area contributed by atoms with Crippen molar-refractivity contribution in [2.45, 2.75) is 94.4 Å². The fourth-order valence-electron chi connectivity index (χ4n) is 9.51. The van der Waals surface area contributed by atoms with E-state index in [0.29, 0.717) is 58.7 Å². The SMILES string of the molecule is CNc1nc(Nc2ccc(C(=O)N3CCN(C[C@H]4CC[C@H](CSC(C)(C)[C@@H](NC(=O)C5(F)CC5)C(=O)N5C[C@H](O)C[C@H]5C(=O)NCc5ccc(-c6scnc6C)cc5)C4)CC3)cc2OC)ncc1Cl. The molecular weight excluding hydrogens is 943 g/mol. The highest BCUT2D eigenvalue weighted by atomic mass is 35.5. The number of nitrogens with zero attached hydrogens (tertiary/aromatic N) is 6. The van der Waals surface area contributed by atoms with Gasteiger partial charge in [-0.2, -0.15) is 16.7 Å². The number of anilines is 3. The first-order valence-electron chi connectivity index (χ1n) is 23.6. The summed E-state index contributed by atoms with van der Waals surface area (Å²) < 4.78 is 19.9. The van der Waals surface area contributed by atoms with Gasteiger partial charge in [-0.3, -0.25) is 24.1 Å². The second-order valence-corrected chi connectivity index (χ2v) is 22.1. The lowest BCUT2D eigenvalue weighted by Gasteiger charge is -2.38. The lowest BCUT2D eigenvalue weighted by molar-refractivity contribution is -0.143. The van der Waals surface area contributed by atoms with Gasteiger partial charge in [-0.25, -0.2) is 14.4 Å². The number of aryl methyl sites for hydroxylation is 1. The number of ether oxygens (including phenoxy) is 1. The van der Waals surface area contributed by atoms with Crippen molar-refractivity contribution < 1.29 is 33.4 Å². The number of likely N-dealkylation sites (tertiary alicyclic amines) is 1. The number of amides is 4. The topological polar surface area (TPSA) is 194 Å². The fourth-order valence-corrected chi connectivity index (χ4v) is 11.8. The molecule has 20 heteroatoms. The van der Waals surface area contributed by atoms with Crippen LogP contribution in [-0.4, -0.2) is 146 Å². The Morgan fingerprint density at radius 3 is 2.46 bits per heavy atom. The molecule has 0 spiro atoms. The van der Waals surface area contributed by atoms with E-state index >= 15 is 4.39 Å². The predicted molar refractivity (Wildman–Crippen MR) is 268 cm³/mol. The first-order valence-corrected chi connectivity index (χ1v) is 25.8. The molecule has 2 aromatic carbocycles. The third-order valence-electron chi connectivity index (χ3n) is 13.8. The third kappa shape index (κ3) is 11.9. The highest BCUT2D eigenvalue weighted by Gasteiger charge is 2.54. The lowest BCUT2D eigenvalue weighted by atomic mass is 10.00. The molecule has 0 bridgehead atoms. The molecule has 69 heavy (non-hydrogen) atoms. The van der Waals surface area contributed by atoms with Crippen LogP contribution in [0.1, 0.15) is 74.0 Å². The quantitative estimate of drug-likeness (QED) is 0.0746. The number of β-amino-alcohol motifs (C(OH)–C–C–N with tert-alkyl or cyclic N) is 1. The zero-order valence-corrected chi connectivity index (χ0v) is 42.1. The van der Waals surface area contributed by atoms with Gasteiger partial charge < -0.3 is 40.9 Å². The molecule has 4 fully saturated rings. The van der Waals surface area contributed by atoms with E-state index in [9.17, 15) is 24.3 Å². The molecule has 2 saturated carbocycles. The largest absolute Gasteiger partial charge is 0.495 e. The van der Waals surface area contributed by atoms with Gasteiger partial charge in [0.1, 0.15) is 28.7 Å². The number of hydrogen-bond donors (Lipinski definition) is 5. The van der Waals surface area contributed by atoms with Gasteiger partial charge in [0.05, 0.1) is 41.2 Å². The van der Waals surface area contributed by atoms with E-state index in [4.69, 9.17) is 16.3 Å². The minimum absolute atomic E-state index is 0.0551. The van der Waals surface area contributed by atoms with Gasteiger partial charge in [0.15, 0.2) is 5.67 Å². The van der Waals surface area contributed by atoms with Crippen LogP contribution in [0.25, 0.3) is 10.4 Å². The molecular formula is C49H62ClFN10O6S2. The molecule has 2 aromatic heterocycles. The summed E-state index contributed by atoms with van der Waals surface area (Å²) in [5.41, 5.74) is 3.81. The number of thiazole rings is 1. The summed E-state index contributed by atoms with van der Waals surface area (Å²) >= 11 is 9.29. The van der Waals surface area contributed by atoms with Crippen molar-refractivity contribution in [2.24, 2.45) is 11.8 Å². The monoisotopic (exact) mass is 1000 g/mol. The predicted octanol–water partition coefficient (Wildman–Crippen LogP) is 6.31. The van der Waals surface area contributed by atoms with Crippen LogP contribution in [0.2, 0.25) is 5.02 Å². The molecule has 8 rings (SSSR count). The molecule has 4 heterocycles. The number of aliphatic hydroxyl groups excluding tert-OH is 1. The molecule has 2 aliphatic heterocycles. The normalized spacial score (nSPS) is 21.7. The number of hydrogen-bond acceptors (Lipinski definition) is 14. The maximum absolute atomic E-state index is 15.2. The van der Waals surface area contributed by atoms with E-state index in [1.165, 1.54) is 11.1 Å². The number of carbonyl (C=O) groups excluding carboxylic acids is 4. The van der Waals surface area contributed by atoms with Gasteiger partial charge >= 0.3 is 0 Å². The van der Waals surface area contributed by atoms with Gasteiger partial charge in [0.25, 0.3) is 11.8 Å². The second-order valence-electron chi connectivity index (χ2n) is 19.2. The van der Waals surface area contributed by atoms with E-state index in [1.807, 2.05) is 55.4 Å². The number of thioether (sulfide) groups is 1. The van der Waals surface area contributed by atoms with E-state index in [0.717, 1.165) is 66.3 Å². The molecule has 2 aliphatic carbocycles. The number of benzene rings is 2. The Hall–Kier alpha value is -5.08. The van der Waals surface area contributed by atoms with Crippen molar-refractivity contribution in [2.75, 3.05) is 69.8 Å². The molecule has 370 valence electrons.